The summed E-state index contributed by atoms with van der Waals surface area (Å²) in [7, 11) is 0. The minimum atomic E-state index is 0.421. The number of benzene rings is 1. The Bertz CT molecular complexity index is 599. The van der Waals surface area contributed by atoms with E-state index >= 15 is 0 Å². The maximum absolute atomic E-state index is 6.20. The van der Waals surface area contributed by atoms with Crippen LogP contribution in [-0.2, 0) is 6.54 Å². The van der Waals surface area contributed by atoms with Crippen molar-refractivity contribution in [2.45, 2.75) is 47.1 Å². The first-order valence-corrected chi connectivity index (χ1v) is 7.70. The first-order chi connectivity index (χ1) is 9.40. The van der Waals surface area contributed by atoms with E-state index in [4.69, 9.17) is 16.0 Å². The molecule has 0 atom stereocenters. The van der Waals surface area contributed by atoms with Crippen molar-refractivity contribution in [1.82, 2.24) is 5.32 Å². The Balaban J connectivity index is 2.43. The molecule has 0 unspecified atom stereocenters. The summed E-state index contributed by atoms with van der Waals surface area (Å²) in [5, 5.41) is 5.40. The van der Waals surface area contributed by atoms with Crippen molar-refractivity contribution in [2.24, 2.45) is 5.92 Å². The Morgan fingerprint density at radius 2 is 1.90 bits per heavy atom. The van der Waals surface area contributed by atoms with Gasteiger partial charge >= 0.3 is 0 Å². The summed E-state index contributed by atoms with van der Waals surface area (Å²) < 4.78 is 6.11. The van der Waals surface area contributed by atoms with Crippen molar-refractivity contribution >= 4 is 22.6 Å². The molecule has 0 bridgehead atoms. The highest BCUT2D eigenvalue weighted by atomic mass is 35.5. The van der Waals surface area contributed by atoms with E-state index in [0.29, 0.717) is 11.8 Å². The summed E-state index contributed by atoms with van der Waals surface area (Å²) in [4.78, 5) is 0. The Morgan fingerprint density at radius 1 is 1.20 bits per heavy atom. The third-order valence-electron chi connectivity index (χ3n) is 3.47. The SMILES string of the molecule is Cc1cc(Cl)cc2c(C(C)C)c(CNCC(C)C)oc12. The zero-order valence-corrected chi connectivity index (χ0v) is 13.8. The van der Waals surface area contributed by atoms with E-state index in [1.807, 2.05) is 19.1 Å². The fourth-order valence-electron chi connectivity index (χ4n) is 2.63. The van der Waals surface area contributed by atoms with Gasteiger partial charge in [-0.1, -0.05) is 39.3 Å². The van der Waals surface area contributed by atoms with Gasteiger partial charge in [-0.05, 0) is 43.0 Å². The molecule has 3 heteroatoms. The first kappa shape index (κ1) is 15.4. The zero-order chi connectivity index (χ0) is 14.9. The average molecular weight is 294 g/mol. The van der Waals surface area contributed by atoms with Crippen LogP contribution in [0.2, 0.25) is 5.02 Å². The van der Waals surface area contributed by atoms with E-state index in [2.05, 4.69) is 33.0 Å². The van der Waals surface area contributed by atoms with E-state index in [1.54, 1.807) is 0 Å². The largest absolute Gasteiger partial charge is 0.459 e. The van der Waals surface area contributed by atoms with E-state index in [1.165, 1.54) is 5.56 Å². The number of fused-ring (bicyclic) bond motifs is 1. The van der Waals surface area contributed by atoms with Gasteiger partial charge < -0.3 is 9.73 Å². The number of nitrogens with one attached hydrogen (secondary N) is 1. The highest BCUT2D eigenvalue weighted by Gasteiger charge is 2.18. The summed E-state index contributed by atoms with van der Waals surface area (Å²) in [6.45, 7) is 12.6. The summed E-state index contributed by atoms with van der Waals surface area (Å²) >= 11 is 6.20. The monoisotopic (exact) mass is 293 g/mol. The summed E-state index contributed by atoms with van der Waals surface area (Å²) in [5.41, 5.74) is 3.35. The van der Waals surface area contributed by atoms with Crippen LogP contribution in [0.15, 0.2) is 16.5 Å². The lowest BCUT2D eigenvalue weighted by molar-refractivity contribution is 0.478. The van der Waals surface area contributed by atoms with Gasteiger partial charge in [0.2, 0.25) is 0 Å². The molecule has 0 radical (unpaired) electrons. The standard InChI is InChI=1S/C17H24ClNO/c1-10(2)8-19-9-15-16(11(3)4)14-7-13(18)6-12(5)17(14)20-15/h6-7,10-11,19H,8-9H2,1-5H3. The van der Waals surface area contributed by atoms with Gasteiger partial charge in [-0.3, -0.25) is 0 Å². The minimum absolute atomic E-state index is 0.421. The molecule has 0 aliphatic heterocycles. The summed E-state index contributed by atoms with van der Waals surface area (Å²) in [6.07, 6.45) is 0. The molecule has 0 fully saturated rings. The van der Waals surface area contributed by atoms with Crippen molar-refractivity contribution in [3.63, 3.8) is 0 Å². The van der Waals surface area contributed by atoms with Crippen LogP contribution in [-0.4, -0.2) is 6.54 Å². The van der Waals surface area contributed by atoms with Crippen LogP contribution in [0.3, 0.4) is 0 Å². The molecule has 1 aromatic heterocycles. The van der Waals surface area contributed by atoms with Crippen LogP contribution >= 0.6 is 11.6 Å². The molecular formula is C17H24ClNO. The van der Waals surface area contributed by atoms with Crippen molar-refractivity contribution in [3.8, 4) is 0 Å². The predicted molar refractivity (Wildman–Crippen MR) is 86.6 cm³/mol. The van der Waals surface area contributed by atoms with Crippen LogP contribution in [0.1, 0.15) is 50.5 Å². The van der Waals surface area contributed by atoms with Crippen LogP contribution < -0.4 is 5.32 Å². The maximum Gasteiger partial charge on any atom is 0.137 e. The molecule has 1 N–H and O–H groups in total. The molecule has 110 valence electrons. The van der Waals surface area contributed by atoms with Gasteiger partial charge in [0.05, 0.1) is 6.54 Å². The second-order valence-electron chi connectivity index (χ2n) is 6.22. The second kappa shape index (κ2) is 6.19. The van der Waals surface area contributed by atoms with Gasteiger partial charge in [0.25, 0.3) is 0 Å². The number of halogens is 1. The molecule has 0 spiro atoms. The molecule has 2 aromatic rings. The predicted octanol–water partition coefficient (Wildman–Crippen LogP) is 5.26. The number of hydrogen-bond donors (Lipinski definition) is 1. The topological polar surface area (TPSA) is 25.2 Å². The molecule has 0 aliphatic carbocycles. The summed E-state index contributed by atoms with van der Waals surface area (Å²) in [5.74, 6) is 2.10. The highest BCUT2D eigenvalue weighted by Crippen LogP contribution is 2.35. The summed E-state index contributed by atoms with van der Waals surface area (Å²) in [6, 6.07) is 3.98. The molecule has 1 heterocycles. The third-order valence-corrected chi connectivity index (χ3v) is 3.69. The highest BCUT2D eigenvalue weighted by molar-refractivity contribution is 6.31. The van der Waals surface area contributed by atoms with E-state index in [9.17, 15) is 0 Å². The number of furan rings is 1. The van der Waals surface area contributed by atoms with E-state index in [-0.39, 0.29) is 0 Å². The molecule has 0 saturated carbocycles. The van der Waals surface area contributed by atoms with Crippen LogP contribution in [0.4, 0.5) is 0 Å². The molecule has 1 aromatic carbocycles. The van der Waals surface area contributed by atoms with Gasteiger partial charge in [-0.15, -0.1) is 0 Å². The number of hydrogen-bond acceptors (Lipinski definition) is 2. The van der Waals surface area contributed by atoms with Gasteiger partial charge in [-0.25, -0.2) is 0 Å². The molecule has 0 aliphatic rings. The lowest BCUT2D eigenvalue weighted by Crippen LogP contribution is -2.19. The second-order valence-corrected chi connectivity index (χ2v) is 6.65. The van der Waals surface area contributed by atoms with Crippen LogP contribution in [0, 0.1) is 12.8 Å². The lowest BCUT2D eigenvalue weighted by atomic mass is 9.98. The lowest BCUT2D eigenvalue weighted by Gasteiger charge is -2.09. The first-order valence-electron chi connectivity index (χ1n) is 7.32. The number of rotatable bonds is 5. The van der Waals surface area contributed by atoms with Gasteiger partial charge in [0.1, 0.15) is 11.3 Å². The van der Waals surface area contributed by atoms with Crippen molar-refractivity contribution in [3.05, 3.63) is 34.0 Å². The third kappa shape index (κ3) is 3.18. The molecule has 0 saturated heterocycles. The van der Waals surface area contributed by atoms with E-state index < -0.39 is 0 Å². The van der Waals surface area contributed by atoms with E-state index in [0.717, 1.165) is 40.4 Å². The van der Waals surface area contributed by atoms with Crippen LogP contribution in [0.5, 0.6) is 0 Å². The Morgan fingerprint density at radius 3 is 2.50 bits per heavy atom. The Hall–Kier alpha value is -0.990. The van der Waals surface area contributed by atoms with Crippen LogP contribution in [0.25, 0.3) is 11.0 Å². The zero-order valence-electron chi connectivity index (χ0n) is 13.0. The molecule has 0 amide bonds. The molecule has 2 rings (SSSR count). The smallest absolute Gasteiger partial charge is 0.137 e. The quantitative estimate of drug-likeness (QED) is 0.813. The molecule has 2 nitrogen and oxygen atoms in total. The Kier molecular flexibility index (Phi) is 4.77. The van der Waals surface area contributed by atoms with Gasteiger partial charge in [0.15, 0.2) is 0 Å². The maximum atomic E-state index is 6.20. The molecule has 20 heavy (non-hydrogen) atoms. The number of aryl methyl sites for hydroxylation is 1. The minimum Gasteiger partial charge on any atom is -0.459 e. The molecular weight excluding hydrogens is 270 g/mol. The average Bonchev–Trinajstić information content (AvgIpc) is 2.67. The Labute approximate surface area is 126 Å². The van der Waals surface area contributed by atoms with Gasteiger partial charge in [-0.2, -0.15) is 0 Å². The normalized spacial score (nSPS) is 12.0. The van der Waals surface area contributed by atoms with Gasteiger partial charge in [0, 0.05) is 16.0 Å². The van der Waals surface area contributed by atoms with Crippen molar-refractivity contribution < 1.29 is 4.42 Å². The fourth-order valence-corrected chi connectivity index (χ4v) is 2.91. The van der Waals surface area contributed by atoms with Crippen molar-refractivity contribution in [1.29, 1.82) is 0 Å². The van der Waals surface area contributed by atoms with Crippen molar-refractivity contribution in [2.75, 3.05) is 6.54 Å². The fraction of sp³-hybridized carbons (Fsp3) is 0.529.